The molecule has 0 bridgehead atoms. The predicted molar refractivity (Wildman–Crippen MR) is 79.2 cm³/mol. The molecule has 18 heavy (non-hydrogen) atoms. The lowest BCUT2D eigenvalue weighted by Gasteiger charge is -2.21. The second-order valence-corrected chi connectivity index (χ2v) is 5.39. The molecule has 0 spiro atoms. The standard InChI is InChI=1S/C14H17BrN2O/c1-10(11-6-7-18-9-11)16-13-8-12(15)4-5-14(13)17(2)3/h4-10,16H,1-3H3. The average Bonchev–Trinajstić information content (AvgIpc) is 2.81. The van der Waals surface area contributed by atoms with Gasteiger partial charge in [0, 0.05) is 24.1 Å². The van der Waals surface area contributed by atoms with Crippen molar-refractivity contribution in [1.82, 2.24) is 0 Å². The van der Waals surface area contributed by atoms with Crippen LogP contribution in [0.1, 0.15) is 18.5 Å². The van der Waals surface area contributed by atoms with Crippen molar-refractivity contribution < 1.29 is 4.42 Å². The average molecular weight is 309 g/mol. The summed E-state index contributed by atoms with van der Waals surface area (Å²) in [6.07, 6.45) is 3.46. The molecule has 0 aliphatic carbocycles. The van der Waals surface area contributed by atoms with Gasteiger partial charge in [0.15, 0.2) is 0 Å². The Morgan fingerprint density at radius 1 is 1.28 bits per heavy atom. The van der Waals surface area contributed by atoms with E-state index in [1.807, 2.05) is 26.2 Å². The van der Waals surface area contributed by atoms with Crippen molar-refractivity contribution in [3.63, 3.8) is 0 Å². The number of nitrogens with one attached hydrogen (secondary N) is 1. The van der Waals surface area contributed by atoms with Gasteiger partial charge in [-0.3, -0.25) is 0 Å². The molecular weight excluding hydrogens is 292 g/mol. The van der Waals surface area contributed by atoms with Crippen molar-refractivity contribution in [2.24, 2.45) is 0 Å². The van der Waals surface area contributed by atoms with Gasteiger partial charge in [0.2, 0.25) is 0 Å². The topological polar surface area (TPSA) is 28.4 Å². The Balaban J connectivity index is 2.25. The van der Waals surface area contributed by atoms with Crippen LogP contribution >= 0.6 is 15.9 Å². The quantitative estimate of drug-likeness (QED) is 0.913. The Morgan fingerprint density at radius 2 is 2.06 bits per heavy atom. The van der Waals surface area contributed by atoms with Gasteiger partial charge in [-0.05, 0) is 31.2 Å². The first-order valence-electron chi connectivity index (χ1n) is 5.83. The van der Waals surface area contributed by atoms with Gasteiger partial charge >= 0.3 is 0 Å². The molecule has 0 saturated heterocycles. The smallest absolute Gasteiger partial charge is 0.0955 e. The number of anilines is 2. The Hall–Kier alpha value is -1.42. The SMILES string of the molecule is CC(Nc1cc(Br)ccc1N(C)C)c1ccoc1. The second-order valence-electron chi connectivity index (χ2n) is 4.48. The van der Waals surface area contributed by atoms with Crippen LogP contribution in [-0.2, 0) is 0 Å². The lowest BCUT2D eigenvalue weighted by Crippen LogP contribution is -2.13. The second kappa shape index (κ2) is 5.48. The molecule has 1 aromatic heterocycles. The summed E-state index contributed by atoms with van der Waals surface area (Å²) in [6, 6.07) is 8.41. The Morgan fingerprint density at radius 3 is 2.67 bits per heavy atom. The summed E-state index contributed by atoms with van der Waals surface area (Å²) in [5, 5.41) is 3.50. The molecule has 1 N–H and O–H groups in total. The van der Waals surface area contributed by atoms with E-state index in [-0.39, 0.29) is 6.04 Å². The van der Waals surface area contributed by atoms with Crippen LogP contribution in [0, 0.1) is 0 Å². The van der Waals surface area contributed by atoms with Gasteiger partial charge in [-0.25, -0.2) is 0 Å². The molecule has 2 aromatic rings. The van der Waals surface area contributed by atoms with Gasteiger partial charge in [0.1, 0.15) is 0 Å². The number of rotatable bonds is 4. The van der Waals surface area contributed by atoms with Gasteiger partial charge in [-0.2, -0.15) is 0 Å². The Kier molecular flexibility index (Phi) is 3.97. The molecule has 0 fully saturated rings. The fourth-order valence-electron chi connectivity index (χ4n) is 1.85. The zero-order chi connectivity index (χ0) is 13.1. The van der Waals surface area contributed by atoms with E-state index in [9.17, 15) is 0 Å². The fraction of sp³-hybridized carbons (Fsp3) is 0.286. The highest BCUT2D eigenvalue weighted by molar-refractivity contribution is 9.10. The number of hydrogen-bond donors (Lipinski definition) is 1. The van der Waals surface area contributed by atoms with Crippen LogP contribution in [-0.4, -0.2) is 14.1 Å². The van der Waals surface area contributed by atoms with Crippen molar-refractivity contribution in [2.45, 2.75) is 13.0 Å². The van der Waals surface area contributed by atoms with E-state index >= 15 is 0 Å². The summed E-state index contributed by atoms with van der Waals surface area (Å²) in [7, 11) is 4.08. The van der Waals surface area contributed by atoms with Crippen molar-refractivity contribution in [1.29, 1.82) is 0 Å². The molecule has 3 nitrogen and oxygen atoms in total. The van der Waals surface area contributed by atoms with Crippen molar-refractivity contribution in [2.75, 3.05) is 24.3 Å². The number of hydrogen-bond acceptors (Lipinski definition) is 3. The summed E-state index contributed by atoms with van der Waals surface area (Å²) in [4.78, 5) is 2.09. The molecule has 0 radical (unpaired) electrons. The molecule has 96 valence electrons. The molecule has 0 saturated carbocycles. The van der Waals surface area contributed by atoms with Crippen LogP contribution < -0.4 is 10.2 Å². The summed E-state index contributed by atoms with van der Waals surface area (Å²) >= 11 is 3.51. The largest absolute Gasteiger partial charge is 0.472 e. The predicted octanol–water partition coefficient (Wildman–Crippen LogP) is 4.28. The molecular formula is C14H17BrN2O. The lowest BCUT2D eigenvalue weighted by atomic mass is 10.1. The number of furan rings is 1. The normalized spacial score (nSPS) is 12.2. The van der Waals surface area contributed by atoms with E-state index in [2.05, 4.69) is 45.2 Å². The van der Waals surface area contributed by atoms with Gasteiger partial charge in [-0.1, -0.05) is 15.9 Å². The van der Waals surface area contributed by atoms with E-state index in [0.29, 0.717) is 0 Å². The fourth-order valence-corrected chi connectivity index (χ4v) is 2.21. The van der Waals surface area contributed by atoms with E-state index in [1.54, 1.807) is 12.5 Å². The van der Waals surface area contributed by atoms with Gasteiger partial charge in [0.05, 0.1) is 29.9 Å². The van der Waals surface area contributed by atoms with E-state index < -0.39 is 0 Å². The van der Waals surface area contributed by atoms with Gasteiger partial charge < -0.3 is 14.6 Å². The monoisotopic (exact) mass is 308 g/mol. The Bertz CT molecular complexity index is 509. The van der Waals surface area contributed by atoms with Crippen molar-refractivity contribution in [3.05, 3.63) is 46.8 Å². The molecule has 2 rings (SSSR count). The summed E-state index contributed by atoms with van der Waals surface area (Å²) in [6.45, 7) is 2.12. The molecule has 1 atom stereocenters. The number of nitrogens with zero attached hydrogens (tertiary/aromatic N) is 1. The third kappa shape index (κ3) is 2.88. The molecule has 1 unspecified atom stereocenters. The maximum atomic E-state index is 5.12. The van der Waals surface area contributed by atoms with E-state index in [1.165, 1.54) is 0 Å². The van der Waals surface area contributed by atoms with Crippen molar-refractivity contribution >= 4 is 27.3 Å². The highest BCUT2D eigenvalue weighted by atomic mass is 79.9. The Labute approximate surface area is 116 Å². The third-order valence-electron chi connectivity index (χ3n) is 2.86. The van der Waals surface area contributed by atoms with Crippen LogP contribution in [0.3, 0.4) is 0 Å². The van der Waals surface area contributed by atoms with Crippen LogP contribution in [0.2, 0.25) is 0 Å². The molecule has 4 heteroatoms. The molecule has 0 aliphatic rings. The first-order chi connectivity index (χ1) is 8.58. The maximum absolute atomic E-state index is 5.12. The molecule has 1 heterocycles. The minimum atomic E-state index is 0.205. The van der Waals surface area contributed by atoms with Gasteiger partial charge in [0.25, 0.3) is 0 Å². The first-order valence-corrected chi connectivity index (χ1v) is 6.62. The summed E-state index contributed by atoms with van der Waals surface area (Å²) in [5.74, 6) is 0. The number of benzene rings is 1. The van der Waals surface area contributed by atoms with Crippen molar-refractivity contribution in [3.8, 4) is 0 Å². The highest BCUT2D eigenvalue weighted by Gasteiger charge is 2.10. The van der Waals surface area contributed by atoms with E-state index in [0.717, 1.165) is 21.4 Å². The van der Waals surface area contributed by atoms with Crippen LogP contribution in [0.4, 0.5) is 11.4 Å². The minimum Gasteiger partial charge on any atom is -0.472 e. The van der Waals surface area contributed by atoms with Crippen LogP contribution in [0.15, 0.2) is 45.7 Å². The molecule has 0 aliphatic heterocycles. The minimum absolute atomic E-state index is 0.205. The summed E-state index contributed by atoms with van der Waals surface area (Å²) in [5.41, 5.74) is 3.40. The third-order valence-corrected chi connectivity index (χ3v) is 3.35. The summed E-state index contributed by atoms with van der Waals surface area (Å²) < 4.78 is 6.18. The highest BCUT2D eigenvalue weighted by Crippen LogP contribution is 2.31. The molecule has 1 aromatic carbocycles. The molecule has 0 amide bonds. The van der Waals surface area contributed by atoms with Gasteiger partial charge in [-0.15, -0.1) is 0 Å². The maximum Gasteiger partial charge on any atom is 0.0955 e. The number of halogens is 1. The zero-order valence-corrected chi connectivity index (χ0v) is 12.4. The van der Waals surface area contributed by atoms with Crippen LogP contribution in [0.5, 0.6) is 0 Å². The lowest BCUT2D eigenvalue weighted by molar-refractivity contribution is 0.562. The zero-order valence-electron chi connectivity index (χ0n) is 10.8. The first kappa shape index (κ1) is 13.0. The van der Waals surface area contributed by atoms with E-state index in [4.69, 9.17) is 4.42 Å². The van der Waals surface area contributed by atoms with Crippen LogP contribution in [0.25, 0.3) is 0 Å².